The maximum absolute atomic E-state index is 10.9. The molecule has 7 nitrogen and oxygen atoms in total. The number of nitrogens with zero attached hydrogens (tertiary/aromatic N) is 1. The fourth-order valence-corrected chi connectivity index (χ4v) is 3.36. The molecule has 1 aliphatic heterocycles. The lowest BCUT2D eigenvalue weighted by atomic mass is 10.0. The van der Waals surface area contributed by atoms with Crippen molar-refractivity contribution >= 4 is 12.0 Å². The quantitative estimate of drug-likeness (QED) is 0.451. The normalized spacial score (nSPS) is 19.6. The van der Waals surface area contributed by atoms with Gasteiger partial charge in [-0.05, 0) is 30.7 Å². The van der Waals surface area contributed by atoms with Crippen molar-refractivity contribution in [2.45, 2.75) is 19.1 Å². The van der Waals surface area contributed by atoms with E-state index in [0.717, 1.165) is 11.8 Å². The van der Waals surface area contributed by atoms with Crippen molar-refractivity contribution in [2.24, 2.45) is 17.2 Å². The molecule has 152 valence electrons. The van der Waals surface area contributed by atoms with Gasteiger partial charge in [0.15, 0.2) is 0 Å². The van der Waals surface area contributed by atoms with E-state index in [9.17, 15) is 9.90 Å². The molecule has 1 aliphatic rings. The first-order valence-electron chi connectivity index (χ1n) is 9.35. The number of rotatable bonds is 5. The van der Waals surface area contributed by atoms with Crippen LogP contribution in [-0.4, -0.2) is 35.5 Å². The molecule has 0 spiro atoms. The number of aromatic hydroxyl groups is 1. The van der Waals surface area contributed by atoms with Gasteiger partial charge in [0, 0.05) is 29.4 Å². The molecule has 7 N–H and O–H groups in total. The molecule has 0 bridgehead atoms. The van der Waals surface area contributed by atoms with Crippen LogP contribution in [0.25, 0.3) is 5.70 Å². The van der Waals surface area contributed by atoms with Gasteiger partial charge in [-0.15, -0.1) is 0 Å². The highest BCUT2D eigenvalue weighted by atomic mass is 16.5. The van der Waals surface area contributed by atoms with Crippen molar-refractivity contribution in [3.05, 3.63) is 82.8 Å². The van der Waals surface area contributed by atoms with Crippen LogP contribution in [0.15, 0.2) is 66.1 Å². The Morgan fingerprint density at radius 1 is 1.14 bits per heavy atom. The van der Waals surface area contributed by atoms with Gasteiger partial charge in [-0.25, -0.2) is 0 Å². The lowest BCUT2D eigenvalue weighted by Gasteiger charge is -2.40. The zero-order valence-corrected chi connectivity index (χ0v) is 16.3. The van der Waals surface area contributed by atoms with Crippen LogP contribution in [-0.2, 0) is 4.74 Å². The summed E-state index contributed by atoms with van der Waals surface area (Å²) >= 11 is 0. The summed E-state index contributed by atoms with van der Waals surface area (Å²) in [7, 11) is 0. The number of phenolic OH excluding ortho intramolecular Hbond substituents is 1. The number of para-hydroxylation sites is 1. The monoisotopic (exact) mass is 394 g/mol. The summed E-state index contributed by atoms with van der Waals surface area (Å²) < 4.78 is 5.99. The molecule has 2 atom stereocenters. The molecule has 29 heavy (non-hydrogen) atoms. The predicted molar refractivity (Wildman–Crippen MR) is 112 cm³/mol. The second kappa shape index (κ2) is 8.70. The molecule has 0 aromatic heterocycles. The van der Waals surface area contributed by atoms with Crippen molar-refractivity contribution in [1.82, 2.24) is 4.90 Å². The molecular formula is C22H26N4O3. The fraction of sp³-hybridized carbons (Fsp3) is 0.227. The molecule has 7 heteroatoms. The summed E-state index contributed by atoms with van der Waals surface area (Å²) in [4.78, 5) is 12.9. The number of nitrogens with two attached hydrogens (primary N) is 3. The Kier molecular flexibility index (Phi) is 6.09. The number of hydrogen-bond donors (Lipinski definition) is 4. The average molecular weight is 394 g/mol. The standard InChI is InChI=1S/C22H26N4O3/c1-14-13-29-21(16-8-6-15(12-27)7-9-16)11-26(14)19(22(24)25)10-18(23)17-4-2-3-5-20(17)28/h2-10,12,14,21,28H,11,13,23-25H2,1H3/b18-10-. The number of morpholine rings is 1. The highest BCUT2D eigenvalue weighted by Gasteiger charge is 2.29. The minimum Gasteiger partial charge on any atom is -0.507 e. The van der Waals surface area contributed by atoms with E-state index < -0.39 is 0 Å². The highest BCUT2D eigenvalue weighted by Crippen LogP contribution is 2.30. The lowest BCUT2D eigenvalue weighted by molar-refractivity contribution is -0.0457. The Hall–Kier alpha value is -3.45. The van der Waals surface area contributed by atoms with E-state index in [4.69, 9.17) is 21.9 Å². The number of phenols is 1. The van der Waals surface area contributed by atoms with Crippen molar-refractivity contribution in [2.75, 3.05) is 13.2 Å². The van der Waals surface area contributed by atoms with Crippen LogP contribution in [0.5, 0.6) is 5.75 Å². The second-order valence-electron chi connectivity index (χ2n) is 7.07. The van der Waals surface area contributed by atoms with Crippen LogP contribution in [0.4, 0.5) is 0 Å². The Labute approximate surface area is 170 Å². The highest BCUT2D eigenvalue weighted by molar-refractivity contribution is 5.74. The van der Waals surface area contributed by atoms with Crippen LogP contribution >= 0.6 is 0 Å². The lowest BCUT2D eigenvalue weighted by Crippen LogP contribution is -2.45. The number of ether oxygens (including phenoxy) is 1. The molecule has 0 aliphatic carbocycles. The minimum atomic E-state index is -0.207. The van der Waals surface area contributed by atoms with Gasteiger partial charge < -0.3 is 31.9 Å². The van der Waals surface area contributed by atoms with E-state index in [1.165, 1.54) is 0 Å². The maximum Gasteiger partial charge on any atom is 0.150 e. The largest absolute Gasteiger partial charge is 0.507 e. The van der Waals surface area contributed by atoms with E-state index >= 15 is 0 Å². The molecule has 0 saturated carbocycles. The average Bonchev–Trinajstić information content (AvgIpc) is 2.72. The summed E-state index contributed by atoms with van der Waals surface area (Å²) in [5.74, 6) is 0.214. The number of carbonyl (C=O) groups is 1. The second-order valence-corrected chi connectivity index (χ2v) is 7.07. The van der Waals surface area contributed by atoms with E-state index in [-0.39, 0.29) is 23.7 Å². The van der Waals surface area contributed by atoms with Gasteiger partial charge >= 0.3 is 0 Å². The number of hydrogen-bond acceptors (Lipinski definition) is 7. The third-order valence-electron chi connectivity index (χ3n) is 4.99. The zero-order chi connectivity index (χ0) is 21.0. The molecule has 2 unspecified atom stereocenters. The summed E-state index contributed by atoms with van der Waals surface area (Å²) in [6.07, 6.45) is 2.28. The molecule has 0 radical (unpaired) electrons. The molecule has 2 aromatic carbocycles. The molecule has 2 aromatic rings. The van der Waals surface area contributed by atoms with Crippen LogP contribution in [0.1, 0.15) is 34.5 Å². The van der Waals surface area contributed by atoms with Gasteiger partial charge in [0.2, 0.25) is 0 Å². The zero-order valence-electron chi connectivity index (χ0n) is 16.3. The molecule has 3 rings (SSSR count). The van der Waals surface area contributed by atoms with Gasteiger partial charge in [0.05, 0.1) is 12.3 Å². The van der Waals surface area contributed by atoms with E-state index in [2.05, 4.69) is 0 Å². The summed E-state index contributed by atoms with van der Waals surface area (Å²) in [6.45, 7) is 3.00. The number of allylic oxidation sites excluding steroid dienone is 1. The first-order chi connectivity index (χ1) is 13.9. The smallest absolute Gasteiger partial charge is 0.150 e. The SMILES string of the molecule is CC1COC(c2ccc(C=O)cc2)CN1C(/C=C(\N)c1ccccc1O)=C(N)N. The first kappa shape index (κ1) is 20.3. The van der Waals surface area contributed by atoms with Crippen molar-refractivity contribution in [1.29, 1.82) is 0 Å². The van der Waals surface area contributed by atoms with Gasteiger partial charge in [0.1, 0.15) is 24.0 Å². The third-order valence-corrected chi connectivity index (χ3v) is 4.99. The third kappa shape index (κ3) is 4.52. The Morgan fingerprint density at radius 2 is 1.83 bits per heavy atom. The Bertz CT molecular complexity index is 933. The number of benzene rings is 2. The van der Waals surface area contributed by atoms with Gasteiger partial charge in [0.25, 0.3) is 0 Å². The molecule has 0 amide bonds. The van der Waals surface area contributed by atoms with Crippen molar-refractivity contribution < 1.29 is 14.6 Å². The van der Waals surface area contributed by atoms with Gasteiger partial charge in [-0.1, -0.05) is 36.4 Å². The molecule has 1 saturated heterocycles. The van der Waals surface area contributed by atoms with Crippen molar-refractivity contribution in [3.8, 4) is 5.75 Å². The van der Waals surface area contributed by atoms with Crippen LogP contribution in [0.3, 0.4) is 0 Å². The van der Waals surface area contributed by atoms with E-state index in [1.54, 1.807) is 42.5 Å². The topological polar surface area (TPSA) is 128 Å². The van der Waals surface area contributed by atoms with Gasteiger partial charge in [-0.2, -0.15) is 0 Å². The van der Waals surface area contributed by atoms with E-state index in [0.29, 0.717) is 35.7 Å². The first-order valence-corrected chi connectivity index (χ1v) is 9.35. The van der Waals surface area contributed by atoms with Crippen LogP contribution < -0.4 is 17.2 Å². The van der Waals surface area contributed by atoms with Gasteiger partial charge in [-0.3, -0.25) is 4.79 Å². The number of aldehydes is 1. The van der Waals surface area contributed by atoms with Crippen molar-refractivity contribution in [3.63, 3.8) is 0 Å². The number of carbonyl (C=O) groups excluding carboxylic acids is 1. The van der Waals surface area contributed by atoms with Crippen LogP contribution in [0.2, 0.25) is 0 Å². The molecule has 1 heterocycles. The predicted octanol–water partition coefficient (Wildman–Crippen LogP) is 2.05. The minimum absolute atomic E-state index is 0.0195. The molecular weight excluding hydrogens is 368 g/mol. The van der Waals surface area contributed by atoms with E-state index in [1.807, 2.05) is 24.0 Å². The summed E-state index contributed by atoms with van der Waals surface area (Å²) in [6, 6.07) is 14.1. The molecule has 1 fully saturated rings. The Morgan fingerprint density at radius 3 is 2.45 bits per heavy atom. The fourth-order valence-electron chi connectivity index (χ4n) is 3.36. The van der Waals surface area contributed by atoms with Crippen LogP contribution in [0, 0.1) is 0 Å². The summed E-state index contributed by atoms with van der Waals surface area (Å²) in [5, 5.41) is 10.1. The summed E-state index contributed by atoms with van der Waals surface area (Å²) in [5.41, 5.74) is 21.2. The maximum atomic E-state index is 10.9. The Balaban J connectivity index is 1.89.